The minimum Gasteiger partial charge on any atom is -0.748 e. The van der Waals surface area contributed by atoms with Crippen molar-refractivity contribution in [3.05, 3.63) is 30.1 Å². The number of hydrogen-bond donors (Lipinski definition) is 0. The monoisotopic (exact) mass is 214 g/mol. The Kier molecular flexibility index (Phi) is 4.77. The maximum absolute atomic E-state index is 9.08. The zero-order valence-corrected chi connectivity index (χ0v) is 8.65. The average Bonchev–Trinajstić information content (AvgIpc) is 2.02. The minimum atomic E-state index is -3.92. The highest BCUT2D eigenvalue weighted by atomic mass is 32.2. The molecular formula is C8H10N2O3S. The predicted molar refractivity (Wildman–Crippen MR) is 48.0 cm³/mol. The molecule has 0 amide bonds. The Morgan fingerprint density at radius 3 is 2.29 bits per heavy atom. The molecular weight excluding hydrogens is 204 g/mol. The van der Waals surface area contributed by atoms with Gasteiger partial charge < -0.3 is 4.55 Å². The molecule has 0 unspecified atom stereocenters. The lowest BCUT2D eigenvalue weighted by Gasteiger charge is -1.90. The van der Waals surface area contributed by atoms with E-state index in [1.54, 1.807) is 10.6 Å². The highest BCUT2D eigenvalue weighted by Gasteiger charge is 1.98. The molecule has 0 aliphatic carbocycles. The molecule has 0 aromatic carbocycles. The summed E-state index contributed by atoms with van der Waals surface area (Å²) in [4.78, 5) is 0. The number of nitriles is 1. The molecule has 76 valence electrons. The molecule has 0 radical (unpaired) electrons. The van der Waals surface area contributed by atoms with Crippen molar-refractivity contribution >= 4 is 10.1 Å². The van der Waals surface area contributed by atoms with Crippen LogP contribution in [0.2, 0.25) is 0 Å². The molecule has 1 heterocycles. The summed E-state index contributed by atoms with van der Waals surface area (Å²) in [5.74, 6) is 0. The number of rotatable bonds is 0. The van der Waals surface area contributed by atoms with Crippen molar-refractivity contribution in [2.45, 2.75) is 0 Å². The fraction of sp³-hybridized carbons (Fsp3) is 0.250. The van der Waals surface area contributed by atoms with Crippen molar-refractivity contribution in [2.75, 3.05) is 6.26 Å². The Balaban J connectivity index is 0.000000292. The van der Waals surface area contributed by atoms with Crippen LogP contribution in [-0.4, -0.2) is 19.2 Å². The Morgan fingerprint density at radius 1 is 1.50 bits per heavy atom. The molecule has 6 heteroatoms. The lowest BCUT2D eigenvalue weighted by molar-refractivity contribution is -0.674. The summed E-state index contributed by atoms with van der Waals surface area (Å²) < 4.78 is 29.0. The SMILES string of the molecule is CS(=O)(=O)[O-].C[n+]1ccccc1C#N. The van der Waals surface area contributed by atoms with Gasteiger partial charge in [0.15, 0.2) is 12.3 Å². The van der Waals surface area contributed by atoms with Crippen LogP contribution in [0.3, 0.4) is 0 Å². The molecule has 1 rings (SSSR count). The first-order valence-electron chi connectivity index (χ1n) is 3.60. The second kappa shape index (κ2) is 5.32. The second-order valence-electron chi connectivity index (χ2n) is 2.51. The van der Waals surface area contributed by atoms with Gasteiger partial charge in [-0.05, 0) is 6.07 Å². The third-order valence-electron chi connectivity index (χ3n) is 1.17. The van der Waals surface area contributed by atoms with E-state index in [4.69, 9.17) is 18.2 Å². The van der Waals surface area contributed by atoms with Gasteiger partial charge in [-0.3, -0.25) is 0 Å². The Labute approximate surface area is 83.0 Å². The van der Waals surface area contributed by atoms with E-state index in [0.29, 0.717) is 11.9 Å². The number of hydrogen-bond acceptors (Lipinski definition) is 4. The molecule has 5 nitrogen and oxygen atoms in total. The van der Waals surface area contributed by atoms with Crippen LogP contribution >= 0.6 is 0 Å². The molecule has 0 fully saturated rings. The zero-order chi connectivity index (χ0) is 11.2. The van der Waals surface area contributed by atoms with E-state index < -0.39 is 10.1 Å². The van der Waals surface area contributed by atoms with Crippen LogP contribution in [0, 0.1) is 11.3 Å². The van der Waals surface area contributed by atoms with E-state index in [1.165, 1.54) is 0 Å². The lowest BCUT2D eigenvalue weighted by Crippen LogP contribution is -2.30. The van der Waals surface area contributed by atoms with Crippen molar-refractivity contribution in [1.29, 1.82) is 5.26 Å². The Bertz CT molecular complexity index is 426. The first-order chi connectivity index (χ1) is 6.34. The summed E-state index contributed by atoms with van der Waals surface area (Å²) in [7, 11) is -2.07. The van der Waals surface area contributed by atoms with Gasteiger partial charge in [0.1, 0.15) is 7.05 Å². The number of aromatic nitrogens is 1. The van der Waals surface area contributed by atoms with Crippen molar-refractivity contribution in [1.82, 2.24) is 0 Å². The van der Waals surface area contributed by atoms with Gasteiger partial charge in [-0.25, -0.2) is 8.42 Å². The maximum atomic E-state index is 9.08. The van der Waals surface area contributed by atoms with E-state index in [0.717, 1.165) is 0 Å². The van der Waals surface area contributed by atoms with Crippen molar-refractivity contribution in [2.24, 2.45) is 7.05 Å². The Hall–Kier alpha value is -1.45. The second-order valence-corrected chi connectivity index (χ2v) is 3.92. The molecule has 0 bridgehead atoms. The van der Waals surface area contributed by atoms with Gasteiger partial charge in [-0.2, -0.15) is 9.83 Å². The van der Waals surface area contributed by atoms with Crippen LogP contribution in [-0.2, 0) is 17.2 Å². The van der Waals surface area contributed by atoms with E-state index in [-0.39, 0.29) is 0 Å². The molecule has 0 aliphatic rings. The quantitative estimate of drug-likeness (QED) is 0.432. The van der Waals surface area contributed by atoms with Crippen molar-refractivity contribution < 1.29 is 17.5 Å². The van der Waals surface area contributed by atoms with Crippen LogP contribution in [0.15, 0.2) is 24.4 Å². The summed E-state index contributed by atoms with van der Waals surface area (Å²) >= 11 is 0. The van der Waals surface area contributed by atoms with E-state index in [2.05, 4.69) is 6.07 Å². The van der Waals surface area contributed by atoms with Gasteiger partial charge in [0.25, 0.3) is 5.69 Å². The molecule has 14 heavy (non-hydrogen) atoms. The number of pyridine rings is 1. The highest BCUT2D eigenvalue weighted by Crippen LogP contribution is 1.84. The molecule has 0 aliphatic heterocycles. The van der Waals surface area contributed by atoms with Gasteiger partial charge >= 0.3 is 0 Å². The number of aryl methyl sites for hydroxylation is 1. The standard InChI is InChI=1S/C7H7N2.CH4O3S/c1-9-5-3-2-4-7(9)6-8;1-5(2,3)4/h2-5H,1H3;1H3,(H,2,3,4)/q+1;/p-1. The van der Waals surface area contributed by atoms with Gasteiger partial charge in [-0.15, -0.1) is 0 Å². The molecule has 0 spiro atoms. The highest BCUT2D eigenvalue weighted by molar-refractivity contribution is 7.84. The van der Waals surface area contributed by atoms with Gasteiger partial charge in [-0.1, -0.05) is 0 Å². The summed E-state index contributed by atoms with van der Waals surface area (Å²) in [5, 5.41) is 8.45. The summed E-state index contributed by atoms with van der Waals surface area (Å²) in [5.41, 5.74) is 0.678. The molecule has 0 atom stereocenters. The zero-order valence-electron chi connectivity index (χ0n) is 7.84. The third kappa shape index (κ3) is 7.21. The van der Waals surface area contributed by atoms with Crippen molar-refractivity contribution in [3.63, 3.8) is 0 Å². The minimum absolute atomic E-state index is 0.604. The molecule has 0 N–H and O–H groups in total. The molecule has 1 aromatic heterocycles. The predicted octanol–water partition coefficient (Wildman–Crippen LogP) is -0.456. The van der Waals surface area contributed by atoms with Gasteiger partial charge in [0, 0.05) is 18.4 Å². The van der Waals surface area contributed by atoms with Crippen LogP contribution in [0.1, 0.15) is 5.69 Å². The van der Waals surface area contributed by atoms with Gasteiger partial charge in [0.05, 0.1) is 10.1 Å². The lowest BCUT2D eigenvalue weighted by atomic mass is 10.4. The van der Waals surface area contributed by atoms with Crippen molar-refractivity contribution in [3.8, 4) is 6.07 Å². The van der Waals surface area contributed by atoms with E-state index >= 15 is 0 Å². The fourth-order valence-corrected chi connectivity index (χ4v) is 0.639. The van der Waals surface area contributed by atoms with E-state index in [1.807, 2.05) is 25.4 Å². The summed E-state index contributed by atoms with van der Waals surface area (Å²) in [6.07, 6.45) is 2.45. The van der Waals surface area contributed by atoms with Gasteiger partial charge in [0.2, 0.25) is 0 Å². The largest absolute Gasteiger partial charge is 0.748 e. The summed E-state index contributed by atoms with van der Waals surface area (Å²) in [6, 6.07) is 7.57. The van der Waals surface area contributed by atoms with Crippen LogP contribution in [0.4, 0.5) is 0 Å². The Morgan fingerprint density at radius 2 is 2.00 bits per heavy atom. The summed E-state index contributed by atoms with van der Waals surface area (Å²) in [6.45, 7) is 0. The maximum Gasteiger partial charge on any atom is 0.283 e. The first-order valence-corrected chi connectivity index (χ1v) is 5.42. The van der Waals surface area contributed by atoms with E-state index in [9.17, 15) is 0 Å². The third-order valence-corrected chi connectivity index (χ3v) is 1.17. The topological polar surface area (TPSA) is 84.9 Å². The molecule has 0 saturated heterocycles. The smallest absolute Gasteiger partial charge is 0.283 e. The average molecular weight is 214 g/mol. The van der Waals surface area contributed by atoms with Crippen LogP contribution in [0.25, 0.3) is 0 Å². The first kappa shape index (κ1) is 12.6. The van der Waals surface area contributed by atoms with Crippen LogP contribution < -0.4 is 4.57 Å². The normalized spacial score (nSPS) is 9.57. The number of nitrogens with zero attached hydrogens (tertiary/aromatic N) is 2. The molecule has 1 aromatic rings. The fourth-order valence-electron chi connectivity index (χ4n) is 0.639. The molecule has 0 saturated carbocycles. The van der Waals surface area contributed by atoms with Crippen LogP contribution in [0.5, 0.6) is 0 Å².